The molecule has 2 aliphatic rings. The lowest BCUT2D eigenvalue weighted by Gasteiger charge is -2.26. The molecule has 22 heavy (non-hydrogen) atoms. The first-order valence-electron chi connectivity index (χ1n) is 8.41. The van der Waals surface area contributed by atoms with Crippen molar-refractivity contribution in [1.29, 1.82) is 0 Å². The summed E-state index contributed by atoms with van der Waals surface area (Å²) in [6, 6.07) is 5.63. The molecule has 0 saturated carbocycles. The maximum Gasteiger partial charge on any atom is 0.250 e. The zero-order valence-electron chi connectivity index (χ0n) is 13.1. The summed E-state index contributed by atoms with van der Waals surface area (Å²) in [5, 5.41) is 0. The molecule has 0 spiro atoms. The van der Waals surface area contributed by atoms with Crippen molar-refractivity contribution in [3.05, 3.63) is 34.7 Å². The maximum absolute atomic E-state index is 12.5. The molecule has 2 saturated heterocycles. The number of nitrogens with zero attached hydrogens (tertiary/aromatic N) is 3. The molecule has 3 rings (SSSR count). The minimum Gasteiger partial charge on any atom is -0.341 e. The van der Waals surface area contributed by atoms with Crippen molar-refractivity contribution in [3.63, 3.8) is 0 Å². The number of pyridine rings is 1. The zero-order chi connectivity index (χ0) is 15.4. The van der Waals surface area contributed by atoms with Crippen LogP contribution in [-0.2, 0) is 11.3 Å². The number of rotatable bonds is 3. The topological polar surface area (TPSA) is 45.6 Å². The van der Waals surface area contributed by atoms with Crippen LogP contribution in [0.25, 0.3) is 0 Å². The summed E-state index contributed by atoms with van der Waals surface area (Å²) in [5.41, 5.74) is -0.111. The van der Waals surface area contributed by atoms with E-state index >= 15 is 0 Å². The van der Waals surface area contributed by atoms with E-state index in [1.54, 1.807) is 18.3 Å². The van der Waals surface area contributed by atoms with Gasteiger partial charge in [0.05, 0.1) is 0 Å². The van der Waals surface area contributed by atoms with Gasteiger partial charge in [0.1, 0.15) is 6.54 Å². The summed E-state index contributed by atoms with van der Waals surface area (Å²) in [6.45, 7) is 4.25. The number of hydrogen-bond donors (Lipinski definition) is 0. The maximum atomic E-state index is 12.5. The van der Waals surface area contributed by atoms with Gasteiger partial charge in [0.2, 0.25) is 5.91 Å². The van der Waals surface area contributed by atoms with E-state index in [1.807, 2.05) is 4.90 Å². The Morgan fingerprint density at radius 2 is 1.86 bits per heavy atom. The smallest absolute Gasteiger partial charge is 0.250 e. The second-order valence-electron chi connectivity index (χ2n) is 6.38. The van der Waals surface area contributed by atoms with Gasteiger partial charge in [-0.15, -0.1) is 0 Å². The predicted molar refractivity (Wildman–Crippen MR) is 85.7 cm³/mol. The molecule has 2 fully saturated rings. The molecule has 1 atom stereocenters. The van der Waals surface area contributed by atoms with Gasteiger partial charge in [0.25, 0.3) is 5.56 Å². The van der Waals surface area contributed by atoms with Crippen LogP contribution in [0.2, 0.25) is 0 Å². The van der Waals surface area contributed by atoms with E-state index in [1.165, 1.54) is 43.0 Å². The fourth-order valence-corrected chi connectivity index (χ4v) is 3.64. The van der Waals surface area contributed by atoms with Crippen LogP contribution >= 0.6 is 0 Å². The number of carbonyl (C=O) groups is 1. The van der Waals surface area contributed by atoms with Gasteiger partial charge in [-0.05, 0) is 51.3 Å². The van der Waals surface area contributed by atoms with Crippen molar-refractivity contribution in [2.45, 2.75) is 44.7 Å². The molecule has 0 N–H and O–H groups in total. The predicted octanol–water partition coefficient (Wildman–Crippen LogP) is 1.33. The number of likely N-dealkylation sites (tertiary alicyclic amines) is 2. The van der Waals surface area contributed by atoms with E-state index in [0.29, 0.717) is 6.04 Å². The first kappa shape index (κ1) is 15.3. The van der Waals surface area contributed by atoms with E-state index in [4.69, 9.17) is 0 Å². The average molecular weight is 303 g/mol. The molecular weight excluding hydrogens is 278 g/mol. The van der Waals surface area contributed by atoms with Gasteiger partial charge in [-0.3, -0.25) is 9.59 Å². The molecule has 2 aliphatic heterocycles. The van der Waals surface area contributed by atoms with Crippen LogP contribution in [0.3, 0.4) is 0 Å². The Bertz CT molecular complexity index is 563. The molecule has 1 aromatic rings. The first-order valence-corrected chi connectivity index (χ1v) is 8.41. The molecule has 3 heterocycles. The standard InChI is InChI=1S/C17H25N3O2/c21-16-7-1-2-11-20(16)14-17(22)19-12-5-6-15(8-13-19)18-9-3-4-10-18/h1-2,7,11,15H,3-6,8-10,12-14H2. The molecule has 0 aromatic carbocycles. The van der Waals surface area contributed by atoms with Crippen LogP contribution in [0.5, 0.6) is 0 Å². The van der Waals surface area contributed by atoms with Crippen LogP contribution in [0.15, 0.2) is 29.2 Å². The van der Waals surface area contributed by atoms with Crippen molar-refractivity contribution in [2.75, 3.05) is 26.2 Å². The molecule has 1 amide bonds. The van der Waals surface area contributed by atoms with Gasteiger partial charge in [0, 0.05) is 31.4 Å². The zero-order valence-corrected chi connectivity index (χ0v) is 13.1. The fourth-order valence-electron chi connectivity index (χ4n) is 3.64. The minimum absolute atomic E-state index is 0.0652. The Labute approximate surface area is 131 Å². The first-order chi connectivity index (χ1) is 10.7. The Balaban J connectivity index is 1.57. The Hall–Kier alpha value is -1.62. The summed E-state index contributed by atoms with van der Waals surface area (Å²) in [6.07, 6.45) is 7.64. The van der Waals surface area contributed by atoms with Crippen molar-refractivity contribution in [3.8, 4) is 0 Å². The molecule has 0 bridgehead atoms. The number of aromatic nitrogens is 1. The summed E-state index contributed by atoms with van der Waals surface area (Å²) in [4.78, 5) is 28.7. The van der Waals surface area contributed by atoms with Crippen LogP contribution < -0.4 is 5.56 Å². The van der Waals surface area contributed by atoms with E-state index < -0.39 is 0 Å². The third-order valence-electron chi connectivity index (χ3n) is 4.91. The number of carbonyl (C=O) groups excluding carboxylic acids is 1. The molecule has 5 heteroatoms. The van der Waals surface area contributed by atoms with Gasteiger partial charge < -0.3 is 14.4 Å². The molecule has 1 unspecified atom stereocenters. The second kappa shape index (κ2) is 7.09. The lowest BCUT2D eigenvalue weighted by Crippen LogP contribution is -2.38. The summed E-state index contributed by atoms with van der Waals surface area (Å²) < 4.78 is 1.49. The Kier molecular flexibility index (Phi) is 4.93. The molecular formula is C17H25N3O2. The number of amides is 1. The van der Waals surface area contributed by atoms with Crippen LogP contribution in [0, 0.1) is 0 Å². The van der Waals surface area contributed by atoms with Gasteiger partial charge in [-0.1, -0.05) is 6.07 Å². The summed E-state index contributed by atoms with van der Waals surface area (Å²) in [7, 11) is 0. The molecule has 0 aliphatic carbocycles. The van der Waals surface area contributed by atoms with Crippen LogP contribution in [-0.4, -0.2) is 52.5 Å². The van der Waals surface area contributed by atoms with Gasteiger partial charge in [0.15, 0.2) is 0 Å². The SMILES string of the molecule is O=C(Cn1ccccc1=O)N1CCCC(N2CCCC2)CC1. The third kappa shape index (κ3) is 3.58. The van der Waals surface area contributed by atoms with E-state index in [-0.39, 0.29) is 18.0 Å². The Morgan fingerprint density at radius 1 is 1.05 bits per heavy atom. The summed E-state index contributed by atoms with van der Waals surface area (Å²) in [5.74, 6) is 0.0652. The van der Waals surface area contributed by atoms with E-state index in [0.717, 1.165) is 25.9 Å². The monoisotopic (exact) mass is 303 g/mol. The molecule has 5 nitrogen and oxygen atoms in total. The summed E-state index contributed by atoms with van der Waals surface area (Å²) >= 11 is 0. The highest BCUT2D eigenvalue weighted by Crippen LogP contribution is 2.21. The highest BCUT2D eigenvalue weighted by molar-refractivity contribution is 5.76. The normalized spacial score (nSPS) is 23.5. The van der Waals surface area contributed by atoms with Crippen molar-refractivity contribution in [2.24, 2.45) is 0 Å². The van der Waals surface area contributed by atoms with Crippen molar-refractivity contribution < 1.29 is 4.79 Å². The lowest BCUT2D eigenvalue weighted by atomic mass is 10.1. The quantitative estimate of drug-likeness (QED) is 0.846. The van der Waals surface area contributed by atoms with Crippen molar-refractivity contribution in [1.82, 2.24) is 14.4 Å². The fraction of sp³-hybridized carbons (Fsp3) is 0.647. The van der Waals surface area contributed by atoms with Crippen LogP contribution in [0.1, 0.15) is 32.1 Å². The van der Waals surface area contributed by atoms with Crippen LogP contribution in [0.4, 0.5) is 0 Å². The average Bonchev–Trinajstić information content (AvgIpc) is 2.94. The van der Waals surface area contributed by atoms with E-state index in [9.17, 15) is 9.59 Å². The van der Waals surface area contributed by atoms with E-state index in [2.05, 4.69) is 4.90 Å². The lowest BCUT2D eigenvalue weighted by molar-refractivity contribution is -0.131. The van der Waals surface area contributed by atoms with Crippen molar-refractivity contribution >= 4 is 5.91 Å². The minimum atomic E-state index is -0.111. The van der Waals surface area contributed by atoms with Gasteiger partial charge in [-0.25, -0.2) is 0 Å². The van der Waals surface area contributed by atoms with Gasteiger partial charge >= 0.3 is 0 Å². The second-order valence-corrected chi connectivity index (χ2v) is 6.38. The Morgan fingerprint density at radius 3 is 2.64 bits per heavy atom. The molecule has 1 aromatic heterocycles. The highest BCUT2D eigenvalue weighted by Gasteiger charge is 2.26. The number of hydrogen-bond acceptors (Lipinski definition) is 3. The molecule has 120 valence electrons. The highest BCUT2D eigenvalue weighted by atomic mass is 16.2. The molecule has 0 radical (unpaired) electrons. The largest absolute Gasteiger partial charge is 0.341 e. The van der Waals surface area contributed by atoms with Gasteiger partial charge in [-0.2, -0.15) is 0 Å². The third-order valence-corrected chi connectivity index (χ3v) is 4.91.